The zero-order chi connectivity index (χ0) is 24.4. The number of carbonyl (C=O) groups is 1. The number of para-hydroxylation sites is 1. The molecule has 8 heteroatoms. The molecular weight excluding hydrogens is 460 g/mol. The fraction of sp³-hybridized carbons (Fsp3) is 0.185. The van der Waals surface area contributed by atoms with E-state index in [1.165, 1.54) is 16.3 Å². The van der Waals surface area contributed by atoms with Gasteiger partial charge in [0.25, 0.3) is 11.5 Å². The Morgan fingerprint density at radius 1 is 1.03 bits per heavy atom. The first kappa shape index (κ1) is 22.9. The fourth-order valence-corrected chi connectivity index (χ4v) is 4.97. The molecule has 1 aliphatic heterocycles. The van der Waals surface area contributed by atoms with Crippen molar-refractivity contribution in [3.05, 3.63) is 100 Å². The molecule has 35 heavy (non-hydrogen) atoms. The average molecular weight is 485 g/mol. The molecule has 7 nitrogen and oxygen atoms in total. The predicted molar refractivity (Wildman–Crippen MR) is 138 cm³/mol. The Labute approximate surface area is 207 Å². The number of thioether (sulfide) groups is 1. The van der Waals surface area contributed by atoms with Crippen LogP contribution in [0.4, 0.5) is 0 Å². The van der Waals surface area contributed by atoms with Crippen molar-refractivity contribution < 1.29 is 9.53 Å². The van der Waals surface area contributed by atoms with Crippen molar-refractivity contribution in [2.45, 2.75) is 17.6 Å². The van der Waals surface area contributed by atoms with E-state index < -0.39 is 0 Å². The third-order valence-corrected chi connectivity index (χ3v) is 7.05. The normalized spacial score (nSPS) is 15.3. The lowest BCUT2D eigenvalue weighted by Crippen LogP contribution is -2.29. The molecule has 0 bridgehead atoms. The second-order valence-corrected chi connectivity index (χ2v) is 9.15. The Balaban J connectivity index is 1.42. The highest BCUT2D eigenvalue weighted by atomic mass is 32.2. The van der Waals surface area contributed by atoms with Gasteiger partial charge in [0.05, 0.1) is 35.5 Å². The van der Waals surface area contributed by atoms with Crippen LogP contribution in [0.3, 0.4) is 0 Å². The van der Waals surface area contributed by atoms with Crippen LogP contribution in [-0.2, 0) is 11.8 Å². The summed E-state index contributed by atoms with van der Waals surface area (Å²) in [7, 11) is 3.30. The van der Waals surface area contributed by atoms with Crippen molar-refractivity contribution in [1.29, 1.82) is 0 Å². The minimum atomic E-state index is -0.224. The van der Waals surface area contributed by atoms with Crippen LogP contribution in [0.5, 0.6) is 5.75 Å². The van der Waals surface area contributed by atoms with Crippen LogP contribution in [0.15, 0.2) is 93.9 Å². The molecule has 0 N–H and O–H groups in total. The van der Waals surface area contributed by atoms with Gasteiger partial charge in [0.1, 0.15) is 5.75 Å². The van der Waals surface area contributed by atoms with Crippen molar-refractivity contribution >= 4 is 34.3 Å². The maximum absolute atomic E-state index is 13.4. The Morgan fingerprint density at radius 3 is 2.49 bits per heavy atom. The molecule has 1 aromatic heterocycles. The van der Waals surface area contributed by atoms with E-state index in [1.807, 2.05) is 66.7 Å². The minimum Gasteiger partial charge on any atom is -0.497 e. The molecule has 4 aromatic rings. The van der Waals surface area contributed by atoms with Crippen LogP contribution < -0.4 is 10.3 Å². The van der Waals surface area contributed by atoms with Gasteiger partial charge in [-0.15, -0.1) is 0 Å². The molecule has 2 heterocycles. The summed E-state index contributed by atoms with van der Waals surface area (Å²) in [5.41, 5.74) is 3.32. The fourth-order valence-electron chi connectivity index (χ4n) is 4.15. The molecule has 0 spiro atoms. The Hall–Kier alpha value is -3.91. The maximum Gasteiger partial charge on any atom is 0.261 e. The lowest BCUT2D eigenvalue weighted by molar-refractivity contribution is -0.130. The number of amides is 1. The number of ether oxygens (including phenoxy) is 1. The SMILES string of the molecule is COc1ccc([C@H]2CC(c3ccccc3)=NN2C(=O)CSc2nc3ccccc3c(=O)n2C)cc1. The molecule has 1 atom stereocenters. The van der Waals surface area contributed by atoms with Crippen LogP contribution in [0.1, 0.15) is 23.6 Å². The van der Waals surface area contributed by atoms with Crippen molar-refractivity contribution in [2.24, 2.45) is 12.1 Å². The summed E-state index contributed by atoms with van der Waals surface area (Å²) >= 11 is 1.24. The van der Waals surface area contributed by atoms with Crippen LogP contribution >= 0.6 is 11.8 Å². The van der Waals surface area contributed by atoms with Crippen molar-refractivity contribution in [2.75, 3.05) is 12.9 Å². The molecule has 5 rings (SSSR count). The van der Waals surface area contributed by atoms with Gasteiger partial charge in [0, 0.05) is 13.5 Å². The molecule has 176 valence electrons. The zero-order valence-electron chi connectivity index (χ0n) is 19.4. The van der Waals surface area contributed by atoms with Gasteiger partial charge < -0.3 is 4.74 Å². The number of carbonyl (C=O) groups excluding carboxylic acids is 1. The molecule has 1 amide bonds. The van der Waals surface area contributed by atoms with Gasteiger partial charge in [-0.3, -0.25) is 14.2 Å². The van der Waals surface area contributed by atoms with E-state index in [-0.39, 0.29) is 23.3 Å². The lowest BCUT2D eigenvalue weighted by Gasteiger charge is -2.22. The molecule has 0 saturated heterocycles. The third kappa shape index (κ3) is 4.57. The summed E-state index contributed by atoms with van der Waals surface area (Å²) in [6, 6.07) is 24.6. The number of hydrogen-bond acceptors (Lipinski definition) is 6. The maximum atomic E-state index is 13.4. The molecule has 0 aliphatic carbocycles. The highest BCUT2D eigenvalue weighted by molar-refractivity contribution is 7.99. The second kappa shape index (κ2) is 9.76. The number of hydrogen-bond donors (Lipinski definition) is 0. The van der Waals surface area contributed by atoms with Crippen LogP contribution in [-0.4, -0.2) is 39.0 Å². The smallest absolute Gasteiger partial charge is 0.261 e. The molecule has 0 radical (unpaired) electrons. The monoisotopic (exact) mass is 484 g/mol. The number of nitrogens with zero attached hydrogens (tertiary/aromatic N) is 4. The van der Waals surface area contributed by atoms with Crippen LogP contribution in [0.2, 0.25) is 0 Å². The summed E-state index contributed by atoms with van der Waals surface area (Å²) in [6.45, 7) is 0. The molecular formula is C27H24N4O3S. The minimum absolute atomic E-state index is 0.108. The van der Waals surface area contributed by atoms with Gasteiger partial charge in [-0.2, -0.15) is 5.10 Å². The molecule has 0 saturated carbocycles. The summed E-state index contributed by atoms with van der Waals surface area (Å²) in [5, 5.41) is 7.35. The molecule has 0 unspecified atom stereocenters. The first-order chi connectivity index (χ1) is 17.0. The van der Waals surface area contributed by atoms with Crippen molar-refractivity contribution in [3.63, 3.8) is 0 Å². The highest BCUT2D eigenvalue weighted by Gasteiger charge is 2.33. The van der Waals surface area contributed by atoms with E-state index in [1.54, 1.807) is 31.3 Å². The lowest BCUT2D eigenvalue weighted by atomic mass is 9.98. The third-order valence-electron chi connectivity index (χ3n) is 6.04. The van der Waals surface area contributed by atoms with E-state index in [9.17, 15) is 9.59 Å². The number of rotatable bonds is 6. The Morgan fingerprint density at radius 2 is 1.74 bits per heavy atom. The predicted octanol–water partition coefficient (Wildman–Crippen LogP) is 4.41. The highest BCUT2D eigenvalue weighted by Crippen LogP contribution is 2.34. The zero-order valence-corrected chi connectivity index (χ0v) is 20.2. The van der Waals surface area contributed by atoms with Crippen LogP contribution in [0.25, 0.3) is 10.9 Å². The van der Waals surface area contributed by atoms with Crippen molar-refractivity contribution in [1.82, 2.24) is 14.6 Å². The van der Waals surface area contributed by atoms with E-state index >= 15 is 0 Å². The van der Waals surface area contributed by atoms with Gasteiger partial charge in [-0.1, -0.05) is 66.4 Å². The Bertz CT molecular complexity index is 1470. The second-order valence-electron chi connectivity index (χ2n) is 8.21. The first-order valence-corrected chi connectivity index (χ1v) is 12.2. The molecule has 3 aromatic carbocycles. The standard InChI is InChI=1S/C27H24N4O3S/c1-30-26(33)21-10-6-7-11-22(21)28-27(30)35-17-25(32)31-24(19-12-14-20(34-2)15-13-19)16-23(29-31)18-8-4-3-5-9-18/h3-15,24H,16-17H2,1-2H3/t24-/m1/s1. The molecule has 1 aliphatic rings. The number of methoxy groups -OCH3 is 1. The topological polar surface area (TPSA) is 76.8 Å². The average Bonchev–Trinajstić information content (AvgIpc) is 3.36. The summed E-state index contributed by atoms with van der Waals surface area (Å²) in [5.74, 6) is 0.716. The summed E-state index contributed by atoms with van der Waals surface area (Å²) in [4.78, 5) is 30.7. The van der Waals surface area contributed by atoms with Gasteiger partial charge in [-0.05, 0) is 35.4 Å². The number of aromatic nitrogens is 2. The van der Waals surface area contributed by atoms with E-state index in [2.05, 4.69) is 4.98 Å². The van der Waals surface area contributed by atoms with Gasteiger partial charge in [-0.25, -0.2) is 9.99 Å². The van der Waals surface area contributed by atoms with E-state index in [4.69, 9.17) is 9.84 Å². The van der Waals surface area contributed by atoms with Gasteiger partial charge >= 0.3 is 0 Å². The van der Waals surface area contributed by atoms with Gasteiger partial charge in [0.2, 0.25) is 0 Å². The summed E-state index contributed by atoms with van der Waals surface area (Å²) in [6.07, 6.45) is 0.611. The Kier molecular flexibility index (Phi) is 6.37. The number of benzene rings is 3. The van der Waals surface area contributed by atoms with Crippen LogP contribution in [0, 0.1) is 0 Å². The largest absolute Gasteiger partial charge is 0.497 e. The van der Waals surface area contributed by atoms with E-state index in [0.717, 1.165) is 22.6 Å². The van der Waals surface area contributed by atoms with E-state index in [0.29, 0.717) is 22.5 Å². The summed E-state index contributed by atoms with van der Waals surface area (Å²) < 4.78 is 6.78. The van der Waals surface area contributed by atoms with Crippen molar-refractivity contribution in [3.8, 4) is 5.75 Å². The number of fused-ring (bicyclic) bond motifs is 1. The quantitative estimate of drug-likeness (QED) is 0.299. The first-order valence-electron chi connectivity index (χ1n) is 11.2. The molecule has 0 fully saturated rings. The number of hydrazone groups is 1. The van der Waals surface area contributed by atoms with Gasteiger partial charge in [0.15, 0.2) is 5.16 Å².